The molecule has 92 valence electrons. The van der Waals surface area contributed by atoms with Gasteiger partial charge in [0.25, 0.3) is 5.91 Å². The number of anilines is 1. The summed E-state index contributed by atoms with van der Waals surface area (Å²) in [5.74, 6) is -0.182. The highest BCUT2D eigenvalue weighted by Crippen LogP contribution is 2.26. The Morgan fingerprint density at radius 2 is 2.06 bits per heavy atom. The van der Waals surface area contributed by atoms with Crippen molar-refractivity contribution >= 4 is 28.7 Å². The number of carbonyl (C=O) groups excluding carboxylic acids is 2. The zero-order valence-corrected chi connectivity index (χ0v) is 9.33. The van der Waals surface area contributed by atoms with Crippen molar-refractivity contribution in [1.29, 1.82) is 0 Å². The van der Waals surface area contributed by atoms with Crippen molar-refractivity contribution in [2.75, 3.05) is 11.4 Å². The predicted molar refractivity (Wildman–Crippen MR) is 62.1 cm³/mol. The summed E-state index contributed by atoms with van der Waals surface area (Å²) in [6.45, 7) is 0.212. The zero-order chi connectivity index (χ0) is 12.7. The van der Waals surface area contributed by atoms with Crippen LogP contribution in [-0.2, 0) is 4.79 Å². The minimum atomic E-state index is -0.775. The van der Waals surface area contributed by atoms with Gasteiger partial charge in [0.2, 0.25) is 0 Å². The van der Waals surface area contributed by atoms with Crippen LogP contribution in [0.1, 0.15) is 6.42 Å². The summed E-state index contributed by atoms with van der Waals surface area (Å²) in [6, 6.07) is 6.56. The Labute approximate surface area is 102 Å². The molecule has 0 unspecified atom stereocenters. The van der Waals surface area contributed by atoms with Crippen molar-refractivity contribution in [2.24, 2.45) is 0 Å². The molecule has 3 rings (SSSR count). The van der Waals surface area contributed by atoms with Gasteiger partial charge in [0, 0.05) is 18.4 Å². The van der Waals surface area contributed by atoms with E-state index in [4.69, 9.17) is 0 Å². The first-order chi connectivity index (χ1) is 8.68. The van der Waals surface area contributed by atoms with Crippen molar-refractivity contribution in [3.05, 3.63) is 24.3 Å². The summed E-state index contributed by atoms with van der Waals surface area (Å²) in [5, 5.41) is 17.1. The number of fused-ring (bicyclic) bond motifs is 1. The Hall–Kier alpha value is -2.41. The van der Waals surface area contributed by atoms with Crippen LogP contribution >= 0.6 is 0 Å². The first-order valence-corrected chi connectivity index (χ1v) is 5.45. The number of benzene rings is 1. The molecule has 2 N–H and O–H groups in total. The SMILES string of the molecule is O=C1CCN(c2n[nH]c3ccccc23)C(=O)N1O. The van der Waals surface area contributed by atoms with Crippen LogP contribution in [0.3, 0.4) is 0 Å². The number of aromatic nitrogens is 2. The second-order valence-electron chi connectivity index (χ2n) is 3.98. The molecule has 0 atom stereocenters. The average molecular weight is 246 g/mol. The molecule has 2 aromatic rings. The largest absolute Gasteiger partial charge is 0.356 e. The number of para-hydroxylation sites is 1. The number of hydrogen-bond acceptors (Lipinski definition) is 4. The van der Waals surface area contributed by atoms with E-state index in [1.54, 1.807) is 0 Å². The van der Waals surface area contributed by atoms with Crippen molar-refractivity contribution in [3.8, 4) is 0 Å². The first-order valence-electron chi connectivity index (χ1n) is 5.45. The number of nitrogens with one attached hydrogen (secondary N) is 1. The number of rotatable bonds is 1. The van der Waals surface area contributed by atoms with E-state index in [0.717, 1.165) is 10.9 Å². The van der Waals surface area contributed by atoms with Crippen molar-refractivity contribution in [3.63, 3.8) is 0 Å². The summed E-state index contributed by atoms with van der Waals surface area (Å²) >= 11 is 0. The second-order valence-corrected chi connectivity index (χ2v) is 3.98. The van der Waals surface area contributed by atoms with E-state index in [9.17, 15) is 14.8 Å². The van der Waals surface area contributed by atoms with Crippen LogP contribution in [0.15, 0.2) is 24.3 Å². The molecular weight excluding hydrogens is 236 g/mol. The molecule has 1 fully saturated rings. The minimum Gasteiger partial charge on any atom is -0.277 e. The number of H-pyrrole nitrogens is 1. The van der Waals surface area contributed by atoms with Gasteiger partial charge in [0.05, 0.1) is 5.52 Å². The Balaban J connectivity index is 2.05. The molecule has 1 saturated heterocycles. The van der Waals surface area contributed by atoms with Crippen LogP contribution in [0.25, 0.3) is 10.9 Å². The van der Waals surface area contributed by atoms with Crippen molar-refractivity contribution in [1.82, 2.24) is 15.3 Å². The molecule has 1 aromatic heterocycles. The Kier molecular flexibility index (Phi) is 2.27. The Morgan fingerprint density at radius 1 is 1.28 bits per heavy atom. The maximum absolute atomic E-state index is 11.8. The molecule has 0 bridgehead atoms. The van der Waals surface area contributed by atoms with Crippen LogP contribution in [0, 0.1) is 0 Å². The summed E-state index contributed by atoms with van der Waals surface area (Å²) in [7, 11) is 0. The van der Waals surface area contributed by atoms with Gasteiger partial charge in [-0.05, 0) is 12.1 Å². The van der Waals surface area contributed by atoms with Gasteiger partial charge in [-0.1, -0.05) is 12.1 Å². The monoisotopic (exact) mass is 246 g/mol. The van der Waals surface area contributed by atoms with E-state index in [1.807, 2.05) is 24.3 Å². The molecule has 0 saturated carbocycles. The van der Waals surface area contributed by atoms with Crippen LogP contribution in [-0.4, -0.2) is 39.0 Å². The smallest absolute Gasteiger partial charge is 0.277 e. The summed E-state index contributed by atoms with van der Waals surface area (Å²) in [5.41, 5.74) is 0.793. The minimum absolute atomic E-state index is 0.0728. The predicted octanol–water partition coefficient (Wildman–Crippen LogP) is 1.11. The standard InChI is InChI=1S/C11H10N4O3/c16-9-5-6-14(11(17)15(9)18)10-7-3-1-2-4-8(7)12-13-10/h1-4,18H,5-6H2,(H,12,13). The lowest BCUT2D eigenvalue weighted by Gasteiger charge is -2.28. The van der Waals surface area contributed by atoms with E-state index in [2.05, 4.69) is 10.2 Å². The van der Waals surface area contributed by atoms with Gasteiger partial charge < -0.3 is 0 Å². The number of aromatic amines is 1. The highest BCUT2D eigenvalue weighted by molar-refractivity contribution is 6.07. The van der Waals surface area contributed by atoms with E-state index >= 15 is 0 Å². The molecule has 7 nitrogen and oxygen atoms in total. The molecule has 1 aliphatic rings. The van der Waals surface area contributed by atoms with Gasteiger partial charge in [-0.3, -0.25) is 20.0 Å². The molecule has 18 heavy (non-hydrogen) atoms. The van der Waals surface area contributed by atoms with Crippen LogP contribution < -0.4 is 4.90 Å². The number of hydrogen-bond donors (Lipinski definition) is 2. The molecular formula is C11H10N4O3. The highest BCUT2D eigenvalue weighted by Gasteiger charge is 2.33. The van der Waals surface area contributed by atoms with E-state index < -0.39 is 11.9 Å². The van der Waals surface area contributed by atoms with Gasteiger partial charge in [-0.15, -0.1) is 5.06 Å². The first kappa shape index (κ1) is 10.7. The Morgan fingerprint density at radius 3 is 2.89 bits per heavy atom. The normalized spacial score (nSPS) is 16.7. The van der Waals surface area contributed by atoms with E-state index in [-0.39, 0.29) is 18.0 Å². The molecule has 2 heterocycles. The third-order valence-electron chi connectivity index (χ3n) is 2.90. The quantitative estimate of drug-likeness (QED) is 0.737. The van der Waals surface area contributed by atoms with E-state index in [0.29, 0.717) is 5.82 Å². The second kappa shape index (κ2) is 3.81. The topological polar surface area (TPSA) is 89.5 Å². The molecule has 1 aliphatic heterocycles. The van der Waals surface area contributed by atoms with Crippen molar-refractivity contribution in [2.45, 2.75) is 6.42 Å². The highest BCUT2D eigenvalue weighted by atomic mass is 16.5. The fourth-order valence-electron chi connectivity index (χ4n) is 1.98. The van der Waals surface area contributed by atoms with Gasteiger partial charge >= 0.3 is 6.03 Å². The van der Waals surface area contributed by atoms with Gasteiger partial charge in [0.15, 0.2) is 5.82 Å². The van der Waals surface area contributed by atoms with Crippen LogP contribution in [0.4, 0.5) is 10.6 Å². The number of carbonyl (C=O) groups is 2. The third-order valence-corrected chi connectivity index (χ3v) is 2.90. The fraction of sp³-hybridized carbons (Fsp3) is 0.182. The molecule has 7 heteroatoms. The summed E-state index contributed by atoms with van der Waals surface area (Å²) < 4.78 is 0. The molecule has 3 amide bonds. The maximum Gasteiger partial charge on any atom is 0.356 e. The number of hydroxylamine groups is 2. The summed E-state index contributed by atoms with van der Waals surface area (Å²) in [4.78, 5) is 24.3. The molecule has 0 spiro atoms. The van der Waals surface area contributed by atoms with Gasteiger partial charge in [-0.2, -0.15) is 5.10 Å². The maximum atomic E-state index is 11.8. The molecule has 0 radical (unpaired) electrons. The van der Waals surface area contributed by atoms with Gasteiger partial charge in [0.1, 0.15) is 0 Å². The van der Waals surface area contributed by atoms with Crippen molar-refractivity contribution < 1.29 is 14.8 Å². The number of nitrogens with zero attached hydrogens (tertiary/aromatic N) is 3. The van der Waals surface area contributed by atoms with Gasteiger partial charge in [-0.25, -0.2) is 4.79 Å². The van der Waals surface area contributed by atoms with E-state index in [1.165, 1.54) is 4.90 Å². The summed E-state index contributed by atoms with van der Waals surface area (Å²) in [6.07, 6.45) is 0.0728. The average Bonchev–Trinajstić information content (AvgIpc) is 2.80. The lowest BCUT2D eigenvalue weighted by molar-refractivity contribution is -0.153. The number of imide groups is 1. The fourth-order valence-corrected chi connectivity index (χ4v) is 1.98. The third kappa shape index (κ3) is 1.45. The number of amides is 3. The molecule has 0 aliphatic carbocycles. The van der Waals surface area contributed by atoms with Crippen LogP contribution in [0.5, 0.6) is 0 Å². The lowest BCUT2D eigenvalue weighted by atomic mass is 10.2. The Bertz CT molecular complexity index is 636. The zero-order valence-electron chi connectivity index (χ0n) is 9.33. The molecule has 1 aromatic carbocycles. The number of urea groups is 1. The van der Waals surface area contributed by atoms with Crippen LogP contribution in [0.2, 0.25) is 0 Å². The lowest BCUT2D eigenvalue weighted by Crippen LogP contribution is -2.51.